The van der Waals surface area contributed by atoms with Crippen molar-refractivity contribution in [1.82, 2.24) is 4.90 Å². The van der Waals surface area contributed by atoms with E-state index in [0.29, 0.717) is 48.6 Å². The van der Waals surface area contributed by atoms with Crippen LogP contribution in [-0.4, -0.2) is 61.3 Å². The van der Waals surface area contributed by atoms with Gasteiger partial charge >= 0.3 is 11.9 Å². The number of rotatable bonds is 14. The predicted octanol–water partition coefficient (Wildman–Crippen LogP) is 7.83. The fourth-order valence-electron chi connectivity index (χ4n) is 7.39. The van der Waals surface area contributed by atoms with E-state index in [2.05, 4.69) is 44.2 Å². The summed E-state index contributed by atoms with van der Waals surface area (Å²) in [5, 5.41) is 9.15. The van der Waals surface area contributed by atoms with Crippen LogP contribution >= 0.6 is 0 Å². The Morgan fingerprint density at radius 1 is 0.882 bits per heavy atom. The Morgan fingerprint density at radius 3 is 2.41 bits per heavy atom. The standard InChI is InChI=1S/C42H51NO8/c1-27-17-18-30(22-28(27)2)19-20-36(32-14-11-15-34(24-32)50-26-38(44)45)51-42(47)35-16-9-10-21-43(35)41(46)39(31-12-7-6-8-13-31)33-23-29(3)40(49-5)37(25-33)48-4/h7,11-12,14-15,17-18,22-25,31,35-36,39H,6,8-10,13,16,19-21,26H2,1-5H3,(H,44,45)/t31-,35+,36?,39+/m1/s1. The molecule has 272 valence electrons. The Bertz CT molecular complexity index is 1730. The lowest BCUT2D eigenvalue weighted by atomic mass is 9.78. The number of esters is 1. The highest BCUT2D eigenvalue weighted by atomic mass is 16.5. The topological polar surface area (TPSA) is 112 Å². The summed E-state index contributed by atoms with van der Waals surface area (Å²) in [6, 6.07) is 16.5. The molecule has 1 saturated heterocycles. The molecular formula is C42H51NO8. The van der Waals surface area contributed by atoms with E-state index in [1.165, 1.54) is 11.1 Å². The molecule has 0 aromatic heterocycles. The lowest BCUT2D eigenvalue weighted by Crippen LogP contribution is -2.51. The van der Waals surface area contributed by atoms with Gasteiger partial charge in [-0.15, -0.1) is 0 Å². The zero-order chi connectivity index (χ0) is 36.5. The Balaban J connectivity index is 1.44. The van der Waals surface area contributed by atoms with Crippen molar-refractivity contribution in [2.75, 3.05) is 27.4 Å². The number of hydrogen-bond donors (Lipinski definition) is 1. The Labute approximate surface area is 301 Å². The molecule has 1 heterocycles. The highest BCUT2D eigenvalue weighted by Gasteiger charge is 2.40. The minimum Gasteiger partial charge on any atom is -0.493 e. The molecule has 0 spiro atoms. The van der Waals surface area contributed by atoms with Crippen molar-refractivity contribution in [2.45, 2.75) is 90.2 Å². The molecule has 5 rings (SSSR count). The summed E-state index contributed by atoms with van der Waals surface area (Å²) in [7, 11) is 3.20. The molecule has 3 aromatic rings. The minimum absolute atomic E-state index is 0.0263. The van der Waals surface area contributed by atoms with E-state index in [1.807, 2.05) is 25.1 Å². The van der Waals surface area contributed by atoms with E-state index < -0.39 is 36.6 Å². The number of carbonyl (C=O) groups is 3. The predicted molar refractivity (Wildman–Crippen MR) is 195 cm³/mol. The van der Waals surface area contributed by atoms with Crippen LogP contribution in [-0.2, 0) is 25.5 Å². The number of carbonyl (C=O) groups excluding carboxylic acids is 2. The summed E-state index contributed by atoms with van der Waals surface area (Å²) in [4.78, 5) is 42.1. The summed E-state index contributed by atoms with van der Waals surface area (Å²) in [6.45, 7) is 6.08. The number of amides is 1. The van der Waals surface area contributed by atoms with E-state index in [9.17, 15) is 14.4 Å². The molecule has 1 aliphatic carbocycles. The molecule has 9 nitrogen and oxygen atoms in total. The van der Waals surface area contributed by atoms with Crippen molar-refractivity contribution < 1.29 is 38.4 Å². The number of benzene rings is 3. The van der Waals surface area contributed by atoms with Crippen LogP contribution in [0.2, 0.25) is 0 Å². The Kier molecular flexibility index (Phi) is 12.8. The van der Waals surface area contributed by atoms with Crippen LogP contribution in [0.5, 0.6) is 17.2 Å². The van der Waals surface area contributed by atoms with Crippen LogP contribution in [0, 0.1) is 26.7 Å². The van der Waals surface area contributed by atoms with Crippen LogP contribution in [0.15, 0.2) is 66.7 Å². The van der Waals surface area contributed by atoms with Gasteiger partial charge in [0.15, 0.2) is 18.1 Å². The number of carboxylic acids is 1. The molecule has 4 atom stereocenters. The maximum Gasteiger partial charge on any atom is 0.341 e. The number of nitrogens with zero attached hydrogens (tertiary/aromatic N) is 1. The largest absolute Gasteiger partial charge is 0.493 e. The first-order valence-corrected chi connectivity index (χ1v) is 18.0. The van der Waals surface area contributed by atoms with Gasteiger partial charge in [-0.2, -0.15) is 0 Å². The molecule has 1 unspecified atom stereocenters. The van der Waals surface area contributed by atoms with Gasteiger partial charge in [-0.3, -0.25) is 4.79 Å². The Morgan fingerprint density at radius 2 is 1.71 bits per heavy atom. The number of aliphatic carboxylic acids is 1. The average molecular weight is 698 g/mol. The zero-order valence-electron chi connectivity index (χ0n) is 30.5. The van der Waals surface area contributed by atoms with Gasteiger partial charge in [0.2, 0.25) is 5.91 Å². The molecule has 1 amide bonds. The van der Waals surface area contributed by atoms with Gasteiger partial charge in [-0.05, 0) is 130 Å². The highest BCUT2D eigenvalue weighted by molar-refractivity contribution is 5.89. The third-order valence-corrected chi connectivity index (χ3v) is 10.2. The van der Waals surface area contributed by atoms with E-state index >= 15 is 0 Å². The monoisotopic (exact) mass is 697 g/mol. The van der Waals surface area contributed by atoms with Crippen molar-refractivity contribution in [3.63, 3.8) is 0 Å². The molecule has 3 aromatic carbocycles. The summed E-state index contributed by atoms with van der Waals surface area (Å²) in [5.41, 5.74) is 5.94. The van der Waals surface area contributed by atoms with Crippen LogP contribution < -0.4 is 14.2 Å². The van der Waals surface area contributed by atoms with Gasteiger partial charge < -0.3 is 29.0 Å². The van der Waals surface area contributed by atoms with Crippen molar-refractivity contribution in [3.8, 4) is 17.2 Å². The lowest BCUT2D eigenvalue weighted by Gasteiger charge is -2.39. The highest BCUT2D eigenvalue weighted by Crippen LogP contribution is 2.41. The van der Waals surface area contributed by atoms with Crippen LogP contribution in [0.25, 0.3) is 0 Å². The van der Waals surface area contributed by atoms with E-state index in [-0.39, 0.29) is 11.8 Å². The number of hydrogen-bond acceptors (Lipinski definition) is 7. The first-order valence-electron chi connectivity index (χ1n) is 18.0. The number of likely N-dealkylation sites (tertiary alicyclic amines) is 1. The molecule has 51 heavy (non-hydrogen) atoms. The molecule has 0 radical (unpaired) electrons. The van der Waals surface area contributed by atoms with Crippen molar-refractivity contribution >= 4 is 17.8 Å². The van der Waals surface area contributed by atoms with E-state index in [4.69, 9.17) is 24.1 Å². The van der Waals surface area contributed by atoms with Crippen molar-refractivity contribution in [2.24, 2.45) is 5.92 Å². The van der Waals surface area contributed by atoms with Crippen molar-refractivity contribution in [1.29, 1.82) is 0 Å². The van der Waals surface area contributed by atoms with Crippen LogP contribution in [0.3, 0.4) is 0 Å². The zero-order valence-corrected chi connectivity index (χ0v) is 30.5. The molecular weight excluding hydrogens is 646 g/mol. The number of ether oxygens (including phenoxy) is 4. The normalized spacial score (nSPS) is 18.4. The summed E-state index contributed by atoms with van der Waals surface area (Å²) >= 11 is 0. The van der Waals surface area contributed by atoms with Gasteiger partial charge in [0, 0.05) is 6.54 Å². The Hall–Kier alpha value is -4.79. The fourth-order valence-corrected chi connectivity index (χ4v) is 7.39. The van der Waals surface area contributed by atoms with Gasteiger partial charge in [0.05, 0.1) is 20.1 Å². The second-order valence-corrected chi connectivity index (χ2v) is 13.8. The average Bonchev–Trinajstić information content (AvgIpc) is 3.14. The maximum atomic E-state index is 14.8. The minimum atomic E-state index is -1.08. The molecule has 1 fully saturated rings. The number of aryl methyl sites for hydroxylation is 4. The smallest absolute Gasteiger partial charge is 0.341 e. The third kappa shape index (κ3) is 9.31. The second kappa shape index (κ2) is 17.4. The molecule has 1 N–H and O–H groups in total. The van der Waals surface area contributed by atoms with Crippen LogP contribution in [0.4, 0.5) is 0 Å². The molecule has 2 aliphatic rings. The first-order chi connectivity index (χ1) is 24.6. The number of carboxylic acid groups (broad SMARTS) is 1. The lowest BCUT2D eigenvalue weighted by molar-refractivity contribution is -0.163. The molecule has 0 saturated carbocycles. The van der Waals surface area contributed by atoms with Crippen LogP contribution in [0.1, 0.15) is 90.3 Å². The van der Waals surface area contributed by atoms with Crippen molar-refractivity contribution in [3.05, 3.63) is 100 Å². The number of piperidine rings is 1. The molecule has 9 heteroatoms. The molecule has 1 aliphatic heterocycles. The second-order valence-electron chi connectivity index (χ2n) is 13.8. The SMILES string of the molecule is COc1cc([C@@H](C(=O)N2CCCC[C@H]2C(=O)OC(CCc2ccc(C)c(C)c2)c2cccc(OCC(=O)O)c2)[C@@H]2C=CCCC2)cc(C)c1OC. The maximum absolute atomic E-state index is 14.8. The number of allylic oxidation sites excluding steroid dienone is 2. The van der Waals surface area contributed by atoms with Gasteiger partial charge in [0.25, 0.3) is 0 Å². The van der Waals surface area contributed by atoms with E-state index in [1.54, 1.807) is 37.3 Å². The third-order valence-electron chi connectivity index (χ3n) is 10.2. The summed E-state index contributed by atoms with van der Waals surface area (Å²) in [6.07, 6.45) is 9.75. The van der Waals surface area contributed by atoms with Gasteiger partial charge in [-0.25, -0.2) is 9.59 Å². The number of methoxy groups -OCH3 is 2. The molecule has 0 bridgehead atoms. The summed E-state index contributed by atoms with van der Waals surface area (Å²) in [5.74, 6) is -0.549. The first kappa shape index (κ1) is 37.5. The quantitative estimate of drug-likeness (QED) is 0.134. The summed E-state index contributed by atoms with van der Waals surface area (Å²) < 4.78 is 23.1. The van der Waals surface area contributed by atoms with Gasteiger partial charge in [-0.1, -0.05) is 48.6 Å². The fraction of sp³-hybridized carbons (Fsp3) is 0.452. The van der Waals surface area contributed by atoms with Gasteiger partial charge in [0.1, 0.15) is 17.9 Å². The van der Waals surface area contributed by atoms with E-state index in [0.717, 1.165) is 48.8 Å².